The lowest BCUT2D eigenvalue weighted by atomic mass is 9.83. The van der Waals surface area contributed by atoms with Crippen molar-refractivity contribution in [3.05, 3.63) is 29.8 Å². The number of aliphatic carboxylic acids is 1. The van der Waals surface area contributed by atoms with Gasteiger partial charge in [0.15, 0.2) is 6.04 Å². The largest absolute Gasteiger partial charge is 0.497 e. The number of carboxylic acids is 1. The first kappa shape index (κ1) is 14.4. The number of benzene rings is 1. The Morgan fingerprint density at radius 2 is 2.00 bits per heavy atom. The molecule has 108 valence electrons. The molecule has 1 amide bonds. The minimum atomic E-state index is -1.06. The van der Waals surface area contributed by atoms with Crippen LogP contribution in [0.5, 0.6) is 5.75 Å². The molecule has 0 radical (unpaired) electrons. The van der Waals surface area contributed by atoms with E-state index in [2.05, 4.69) is 5.32 Å². The predicted molar refractivity (Wildman–Crippen MR) is 73.5 cm³/mol. The second-order valence-electron chi connectivity index (χ2n) is 5.11. The minimum Gasteiger partial charge on any atom is -0.497 e. The number of ether oxygens (including phenoxy) is 1. The van der Waals surface area contributed by atoms with E-state index in [1.54, 1.807) is 31.4 Å². The van der Waals surface area contributed by atoms with E-state index in [0.29, 0.717) is 23.7 Å². The summed E-state index contributed by atoms with van der Waals surface area (Å²) in [5.41, 5.74) is 0.542. The standard InChI is InChI=1S/C15H19NO4/c1-20-12-7-5-11(6-8-12)14(15(18)19)16-13(17)9-10-3-2-4-10/h5-8,10,14H,2-4,9H2,1H3,(H,16,17)(H,18,19). The SMILES string of the molecule is COc1ccc(C(NC(=O)CC2CCC2)C(=O)O)cc1. The fourth-order valence-corrected chi connectivity index (χ4v) is 2.26. The van der Waals surface area contributed by atoms with Crippen molar-refractivity contribution in [3.63, 3.8) is 0 Å². The van der Waals surface area contributed by atoms with Gasteiger partial charge in [0.2, 0.25) is 5.91 Å². The lowest BCUT2D eigenvalue weighted by Gasteiger charge is -2.25. The van der Waals surface area contributed by atoms with Crippen LogP contribution in [0.2, 0.25) is 0 Å². The molecule has 1 aromatic carbocycles. The van der Waals surface area contributed by atoms with Crippen LogP contribution in [0.4, 0.5) is 0 Å². The summed E-state index contributed by atoms with van der Waals surface area (Å²) in [5, 5.41) is 11.9. The highest BCUT2D eigenvalue weighted by Crippen LogP contribution is 2.29. The Kier molecular flexibility index (Phi) is 4.61. The fraction of sp³-hybridized carbons (Fsp3) is 0.467. The molecule has 1 unspecified atom stereocenters. The number of nitrogens with one attached hydrogen (secondary N) is 1. The number of methoxy groups -OCH3 is 1. The molecule has 1 atom stereocenters. The Morgan fingerprint density at radius 1 is 1.35 bits per heavy atom. The second kappa shape index (κ2) is 6.41. The van der Waals surface area contributed by atoms with Crippen LogP contribution in [0.15, 0.2) is 24.3 Å². The van der Waals surface area contributed by atoms with Crippen LogP contribution in [0.1, 0.15) is 37.3 Å². The van der Waals surface area contributed by atoms with Crippen molar-refractivity contribution < 1.29 is 19.4 Å². The summed E-state index contributed by atoms with van der Waals surface area (Å²) in [7, 11) is 1.55. The van der Waals surface area contributed by atoms with Gasteiger partial charge >= 0.3 is 5.97 Å². The zero-order valence-electron chi connectivity index (χ0n) is 11.5. The lowest BCUT2D eigenvalue weighted by molar-refractivity contribution is -0.142. The Labute approximate surface area is 117 Å². The molecule has 1 aliphatic rings. The normalized spacial score (nSPS) is 16.1. The van der Waals surface area contributed by atoms with Crippen molar-refractivity contribution >= 4 is 11.9 Å². The molecule has 0 heterocycles. The molecule has 1 aromatic rings. The Hall–Kier alpha value is -2.04. The maximum absolute atomic E-state index is 11.9. The van der Waals surface area contributed by atoms with Crippen LogP contribution < -0.4 is 10.1 Å². The minimum absolute atomic E-state index is 0.196. The van der Waals surface area contributed by atoms with Gasteiger partial charge < -0.3 is 15.2 Å². The number of rotatable bonds is 6. The molecule has 2 rings (SSSR count). The number of carbonyl (C=O) groups excluding carboxylic acids is 1. The summed E-state index contributed by atoms with van der Waals surface area (Å²) in [6, 6.07) is 5.67. The highest BCUT2D eigenvalue weighted by molar-refractivity contribution is 5.84. The molecule has 5 nitrogen and oxygen atoms in total. The molecular formula is C15H19NO4. The van der Waals surface area contributed by atoms with Crippen LogP contribution in [-0.2, 0) is 9.59 Å². The molecule has 1 aliphatic carbocycles. The number of hydrogen-bond acceptors (Lipinski definition) is 3. The smallest absolute Gasteiger partial charge is 0.330 e. The van der Waals surface area contributed by atoms with Crippen molar-refractivity contribution in [2.24, 2.45) is 5.92 Å². The van der Waals surface area contributed by atoms with E-state index >= 15 is 0 Å². The third kappa shape index (κ3) is 3.50. The number of carboxylic acid groups (broad SMARTS) is 1. The molecule has 1 saturated carbocycles. The van der Waals surface area contributed by atoms with Gasteiger partial charge in [0.05, 0.1) is 7.11 Å². The predicted octanol–water partition coefficient (Wildman–Crippen LogP) is 2.13. The zero-order valence-corrected chi connectivity index (χ0v) is 11.5. The van der Waals surface area contributed by atoms with E-state index < -0.39 is 12.0 Å². The molecular weight excluding hydrogens is 258 g/mol. The van der Waals surface area contributed by atoms with Gasteiger partial charge in [-0.1, -0.05) is 18.6 Å². The van der Waals surface area contributed by atoms with Gasteiger partial charge in [-0.25, -0.2) is 4.79 Å². The van der Waals surface area contributed by atoms with Crippen LogP contribution in [-0.4, -0.2) is 24.1 Å². The highest BCUT2D eigenvalue weighted by Gasteiger charge is 2.25. The highest BCUT2D eigenvalue weighted by atomic mass is 16.5. The number of carbonyl (C=O) groups is 2. The summed E-state index contributed by atoms with van der Waals surface area (Å²) in [4.78, 5) is 23.2. The summed E-state index contributed by atoms with van der Waals surface area (Å²) < 4.78 is 5.03. The van der Waals surface area contributed by atoms with Gasteiger partial charge in [0.1, 0.15) is 5.75 Å². The molecule has 0 aliphatic heterocycles. The maximum Gasteiger partial charge on any atom is 0.330 e. The quantitative estimate of drug-likeness (QED) is 0.835. The Balaban J connectivity index is 2.01. The molecule has 2 N–H and O–H groups in total. The molecule has 0 aromatic heterocycles. The van der Waals surface area contributed by atoms with Gasteiger partial charge in [-0.05, 0) is 36.5 Å². The first-order chi connectivity index (χ1) is 9.60. The van der Waals surface area contributed by atoms with Crippen molar-refractivity contribution in [1.29, 1.82) is 0 Å². The third-order valence-corrected chi connectivity index (χ3v) is 3.70. The van der Waals surface area contributed by atoms with Crippen LogP contribution in [0.3, 0.4) is 0 Å². The van der Waals surface area contributed by atoms with Crippen LogP contribution in [0.25, 0.3) is 0 Å². The van der Waals surface area contributed by atoms with E-state index in [0.717, 1.165) is 12.8 Å². The van der Waals surface area contributed by atoms with Gasteiger partial charge in [-0.2, -0.15) is 0 Å². The van der Waals surface area contributed by atoms with E-state index in [9.17, 15) is 14.7 Å². The van der Waals surface area contributed by atoms with Crippen LogP contribution >= 0.6 is 0 Å². The van der Waals surface area contributed by atoms with Gasteiger partial charge in [0.25, 0.3) is 0 Å². The summed E-state index contributed by atoms with van der Waals surface area (Å²) >= 11 is 0. The first-order valence-electron chi connectivity index (χ1n) is 6.76. The number of amides is 1. The van der Waals surface area contributed by atoms with Crippen molar-refractivity contribution in [1.82, 2.24) is 5.32 Å². The molecule has 5 heteroatoms. The van der Waals surface area contributed by atoms with Gasteiger partial charge in [-0.15, -0.1) is 0 Å². The lowest BCUT2D eigenvalue weighted by Crippen LogP contribution is -2.35. The van der Waals surface area contributed by atoms with E-state index in [4.69, 9.17) is 4.74 Å². The van der Waals surface area contributed by atoms with Crippen LogP contribution in [0, 0.1) is 5.92 Å². The van der Waals surface area contributed by atoms with E-state index in [1.807, 2.05) is 0 Å². The maximum atomic E-state index is 11.9. The fourth-order valence-electron chi connectivity index (χ4n) is 2.26. The van der Waals surface area contributed by atoms with Gasteiger partial charge in [0, 0.05) is 6.42 Å². The molecule has 0 saturated heterocycles. The summed E-state index contributed by atoms with van der Waals surface area (Å²) in [5.74, 6) is -0.186. The topological polar surface area (TPSA) is 75.6 Å². The monoisotopic (exact) mass is 277 g/mol. The third-order valence-electron chi connectivity index (χ3n) is 3.70. The van der Waals surface area contributed by atoms with E-state index in [-0.39, 0.29) is 5.91 Å². The Morgan fingerprint density at radius 3 is 2.45 bits per heavy atom. The molecule has 20 heavy (non-hydrogen) atoms. The zero-order chi connectivity index (χ0) is 14.5. The Bertz CT molecular complexity index is 479. The van der Waals surface area contributed by atoms with Gasteiger partial charge in [-0.3, -0.25) is 4.79 Å². The average molecular weight is 277 g/mol. The molecule has 1 fully saturated rings. The van der Waals surface area contributed by atoms with Crippen molar-refractivity contribution in [3.8, 4) is 5.75 Å². The summed E-state index contributed by atoms with van der Waals surface area (Å²) in [6.45, 7) is 0. The molecule has 0 bridgehead atoms. The first-order valence-corrected chi connectivity index (χ1v) is 6.76. The summed E-state index contributed by atoms with van der Waals surface area (Å²) in [6.07, 6.45) is 3.71. The van der Waals surface area contributed by atoms with E-state index in [1.165, 1.54) is 6.42 Å². The molecule has 0 spiro atoms. The number of hydrogen-bond donors (Lipinski definition) is 2. The van der Waals surface area contributed by atoms with Crippen molar-refractivity contribution in [2.45, 2.75) is 31.7 Å². The second-order valence-corrected chi connectivity index (χ2v) is 5.11. The average Bonchev–Trinajstić information content (AvgIpc) is 2.40. The van der Waals surface area contributed by atoms with Crippen molar-refractivity contribution in [2.75, 3.05) is 7.11 Å².